The molecule has 2 aromatic carbocycles. The van der Waals surface area contributed by atoms with Crippen molar-refractivity contribution in [3.8, 4) is 0 Å². The molecule has 1 atom stereocenters. The second-order valence-electron chi connectivity index (χ2n) is 6.59. The number of allylic oxidation sites excluding steroid dienone is 1. The number of methoxy groups -OCH3 is 1. The Labute approximate surface area is 148 Å². The van der Waals surface area contributed by atoms with Crippen LogP contribution in [0.25, 0.3) is 10.9 Å². The first-order valence-electron chi connectivity index (χ1n) is 8.53. The van der Waals surface area contributed by atoms with E-state index in [1.54, 1.807) is 7.11 Å². The van der Waals surface area contributed by atoms with Crippen molar-refractivity contribution < 1.29 is 4.74 Å². The van der Waals surface area contributed by atoms with Gasteiger partial charge in [0, 0.05) is 24.0 Å². The van der Waals surface area contributed by atoms with Crippen LogP contribution in [0.2, 0.25) is 0 Å². The van der Waals surface area contributed by atoms with Crippen molar-refractivity contribution in [1.82, 2.24) is 9.88 Å². The molecule has 0 spiro atoms. The zero-order valence-corrected chi connectivity index (χ0v) is 14.6. The molecule has 0 saturated carbocycles. The number of nitrogens with zero attached hydrogens (tertiary/aromatic N) is 1. The first-order chi connectivity index (χ1) is 12.2. The summed E-state index contributed by atoms with van der Waals surface area (Å²) >= 11 is 0. The Hall–Kier alpha value is -2.94. The average molecular weight is 330 g/mol. The fraction of sp³-hybridized carbons (Fsp3) is 0.182. The maximum atomic E-state index is 5.31. The summed E-state index contributed by atoms with van der Waals surface area (Å²) in [5, 5.41) is 4.76. The van der Waals surface area contributed by atoms with Crippen LogP contribution in [0.5, 0.6) is 0 Å². The van der Waals surface area contributed by atoms with Crippen LogP contribution in [0.4, 0.5) is 0 Å². The van der Waals surface area contributed by atoms with Crippen LogP contribution in [-0.4, -0.2) is 11.7 Å². The quantitative estimate of drug-likeness (QED) is 0.759. The summed E-state index contributed by atoms with van der Waals surface area (Å²) in [6.07, 6.45) is 6.13. The third-order valence-electron chi connectivity index (χ3n) is 4.86. The van der Waals surface area contributed by atoms with Crippen molar-refractivity contribution in [2.45, 2.75) is 19.0 Å². The molecule has 0 radical (unpaired) electrons. The van der Waals surface area contributed by atoms with E-state index in [1.165, 1.54) is 22.2 Å². The summed E-state index contributed by atoms with van der Waals surface area (Å²) in [6, 6.07) is 21.4. The standard InChI is InChI=1S/C22H22N2O/c1-22(13-12-19(25-2)15-23-22)21-14-18-10-6-7-11-20(18)24(21)16-17-8-4-3-5-9-17/h3-15,23H,16H2,1-2H3. The number of hydrogen-bond donors (Lipinski definition) is 1. The van der Waals surface area contributed by atoms with Gasteiger partial charge in [-0.3, -0.25) is 0 Å². The molecular weight excluding hydrogens is 308 g/mol. The maximum Gasteiger partial charge on any atom is 0.134 e. The molecule has 0 fully saturated rings. The average Bonchev–Trinajstić information content (AvgIpc) is 3.03. The molecule has 0 bridgehead atoms. The summed E-state index contributed by atoms with van der Waals surface area (Å²) in [7, 11) is 1.69. The summed E-state index contributed by atoms with van der Waals surface area (Å²) in [6.45, 7) is 3.04. The van der Waals surface area contributed by atoms with Crippen LogP contribution < -0.4 is 5.32 Å². The molecule has 1 unspecified atom stereocenters. The molecule has 3 aromatic rings. The van der Waals surface area contributed by atoms with E-state index in [0.717, 1.165) is 12.3 Å². The predicted molar refractivity (Wildman–Crippen MR) is 102 cm³/mol. The minimum atomic E-state index is -0.282. The van der Waals surface area contributed by atoms with Gasteiger partial charge < -0.3 is 14.6 Å². The molecule has 2 heterocycles. The number of fused-ring (bicyclic) bond motifs is 1. The molecule has 1 N–H and O–H groups in total. The van der Waals surface area contributed by atoms with E-state index in [-0.39, 0.29) is 5.54 Å². The monoisotopic (exact) mass is 330 g/mol. The van der Waals surface area contributed by atoms with Gasteiger partial charge in [-0.25, -0.2) is 0 Å². The van der Waals surface area contributed by atoms with Gasteiger partial charge in [0.2, 0.25) is 0 Å². The van der Waals surface area contributed by atoms with Crippen LogP contribution in [-0.2, 0) is 16.8 Å². The number of hydrogen-bond acceptors (Lipinski definition) is 2. The van der Waals surface area contributed by atoms with Gasteiger partial charge in [0.25, 0.3) is 0 Å². The lowest BCUT2D eigenvalue weighted by Gasteiger charge is -2.31. The fourth-order valence-electron chi connectivity index (χ4n) is 3.43. The zero-order chi connectivity index (χ0) is 17.3. The summed E-state index contributed by atoms with van der Waals surface area (Å²) < 4.78 is 7.71. The summed E-state index contributed by atoms with van der Waals surface area (Å²) in [5.41, 5.74) is 3.50. The third-order valence-corrected chi connectivity index (χ3v) is 4.86. The Morgan fingerprint density at radius 3 is 2.52 bits per heavy atom. The van der Waals surface area contributed by atoms with Gasteiger partial charge in [-0.1, -0.05) is 48.5 Å². The largest absolute Gasteiger partial charge is 0.495 e. The van der Waals surface area contributed by atoms with E-state index in [0.29, 0.717) is 0 Å². The number of ether oxygens (including phenoxy) is 1. The van der Waals surface area contributed by atoms with Crippen molar-refractivity contribution in [1.29, 1.82) is 0 Å². The Morgan fingerprint density at radius 2 is 1.80 bits per heavy atom. The molecule has 25 heavy (non-hydrogen) atoms. The summed E-state index contributed by atoms with van der Waals surface area (Å²) in [4.78, 5) is 0. The second kappa shape index (κ2) is 6.17. The third kappa shape index (κ3) is 2.82. The second-order valence-corrected chi connectivity index (χ2v) is 6.59. The molecule has 4 rings (SSSR count). The molecular formula is C22H22N2O. The molecule has 0 amide bonds. The number of nitrogens with one attached hydrogen (secondary N) is 1. The van der Waals surface area contributed by atoms with Crippen molar-refractivity contribution in [3.63, 3.8) is 0 Å². The molecule has 1 aliphatic heterocycles. The lowest BCUT2D eigenvalue weighted by atomic mass is 9.94. The van der Waals surface area contributed by atoms with Crippen LogP contribution in [0, 0.1) is 0 Å². The van der Waals surface area contributed by atoms with Crippen molar-refractivity contribution in [3.05, 3.63) is 96.0 Å². The van der Waals surface area contributed by atoms with Gasteiger partial charge in [0.1, 0.15) is 5.76 Å². The van der Waals surface area contributed by atoms with E-state index in [2.05, 4.69) is 83.5 Å². The van der Waals surface area contributed by atoms with Crippen LogP contribution in [0.1, 0.15) is 18.2 Å². The van der Waals surface area contributed by atoms with Gasteiger partial charge in [0.05, 0.1) is 12.6 Å². The molecule has 0 saturated heterocycles. The highest BCUT2D eigenvalue weighted by molar-refractivity contribution is 5.82. The Kier molecular flexibility index (Phi) is 3.85. The minimum Gasteiger partial charge on any atom is -0.495 e. The summed E-state index contributed by atoms with van der Waals surface area (Å²) in [5.74, 6) is 0.836. The number of aromatic nitrogens is 1. The lowest BCUT2D eigenvalue weighted by Crippen LogP contribution is -2.38. The van der Waals surface area contributed by atoms with E-state index in [9.17, 15) is 0 Å². The van der Waals surface area contributed by atoms with Gasteiger partial charge in [-0.2, -0.15) is 0 Å². The van der Waals surface area contributed by atoms with Gasteiger partial charge in [-0.05, 0) is 42.2 Å². The molecule has 1 aliphatic rings. The van der Waals surface area contributed by atoms with E-state index >= 15 is 0 Å². The number of para-hydroxylation sites is 1. The minimum absolute atomic E-state index is 0.282. The lowest BCUT2D eigenvalue weighted by molar-refractivity contribution is 0.295. The Bertz CT molecular complexity index is 953. The maximum absolute atomic E-state index is 5.31. The first kappa shape index (κ1) is 15.6. The van der Waals surface area contributed by atoms with Crippen molar-refractivity contribution >= 4 is 10.9 Å². The van der Waals surface area contributed by atoms with E-state index in [1.807, 2.05) is 12.3 Å². The van der Waals surface area contributed by atoms with Gasteiger partial charge >= 0.3 is 0 Å². The molecule has 3 nitrogen and oxygen atoms in total. The van der Waals surface area contributed by atoms with E-state index in [4.69, 9.17) is 4.74 Å². The van der Waals surface area contributed by atoms with Crippen molar-refractivity contribution in [2.75, 3.05) is 7.11 Å². The van der Waals surface area contributed by atoms with Crippen LogP contribution in [0.15, 0.2) is 84.8 Å². The topological polar surface area (TPSA) is 26.2 Å². The Morgan fingerprint density at radius 1 is 1.04 bits per heavy atom. The highest BCUT2D eigenvalue weighted by Gasteiger charge is 2.29. The SMILES string of the molecule is COC1=CNC(C)(c2cc3ccccc3n2Cc2ccccc2)C=C1. The highest BCUT2D eigenvalue weighted by Crippen LogP contribution is 2.32. The van der Waals surface area contributed by atoms with Crippen molar-refractivity contribution in [2.24, 2.45) is 0 Å². The van der Waals surface area contributed by atoms with Gasteiger partial charge in [-0.15, -0.1) is 0 Å². The smallest absolute Gasteiger partial charge is 0.134 e. The van der Waals surface area contributed by atoms with E-state index < -0.39 is 0 Å². The zero-order valence-electron chi connectivity index (χ0n) is 14.6. The van der Waals surface area contributed by atoms with Gasteiger partial charge in [0.15, 0.2) is 0 Å². The molecule has 0 aliphatic carbocycles. The number of rotatable bonds is 4. The van der Waals surface area contributed by atoms with Crippen LogP contribution in [0.3, 0.4) is 0 Å². The highest BCUT2D eigenvalue weighted by atomic mass is 16.5. The molecule has 3 heteroatoms. The number of dihydropyridines is 1. The fourth-order valence-corrected chi connectivity index (χ4v) is 3.43. The predicted octanol–water partition coefficient (Wildman–Crippen LogP) is 4.55. The van der Waals surface area contributed by atoms with Crippen LogP contribution >= 0.6 is 0 Å². The first-order valence-corrected chi connectivity index (χ1v) is 8.53. The normalized spacial score (nSPS) is 19.5. The molecule has 1 aromatic heterocycles. The molecule has 126 valence electrons. The number of benzene rings is 2. The Balaban J connectivity index is 1.82.